The largest absolute Gasteiger partial charge is 0.494 e. The first-order valence-electron chi connectivity index (χ1n) is 8.94. The second-order valence-corrected chi connectivity index (χ2v) is 6.58. The summed E-state index contributed by atoms with van der Waals surface area (Å²) in [7, 11) is 3.43. The molecule has 0 atom stereocenters. The zero-order chi connectivity index (χ0) is 19.4. The molecule has 0 unspecified atom stereocenters. The van der Waals surface area contributed by atoms with Gasteiger partial charge in [0.15, 0.2) is 0 Å². The Labute approximate surface area is 159 Å². The number of hydrogen-bond donors (Lipinski definition) is 0. The van der Waals surface area contributed by atoms with E-state index < -0.39 is 0 Å². The Morgan fingerprint density at radius 3 is 2.74 bits per heavy atom. The molecule has 0 fully saturated rings. The third-order valence-electron chi connectivity index (χ3n) is 4.48. The fraction of sp³-hybridized carbons (Fsp3) is 0.350. The van der Waals surface area contributed by atoms with Gasteiger partial charge in [0.05, 0.1) is 24.6 Å². The highest BCUT2D eigenvalue weighted by Gasteiger charge is 2.15. The van der Waals surface area contributed by atoms with E-state index in [-0.39, 0.29) is 5.91 Å². The van der Waals surface area contributed by atoms with Crippen molar-refractivity contribution in [2.45, 2.75) is 26.8 Å². The number of aromatic nitrogens is 4. The molecule has 3 rings (SSSR count). The fourth-order valence-electron chi connectivity index (χ4n) is 3.06. The first kappa shape index (κ1) is 18.7. The molecule has 0 N–H and O–H groups in total. The van der Waals surface area contributed by atoms with Crippen LogP contribution in [-0.4, -0.2) is 51.1 Å². The number of carbonyl (C=O) groups is 1. The van der Waals surface area contributed by atoms with Crippen LogP contribution in [0.25, 0.3) is 5.69 Å². The van der Waals surface area contributed by atoms with Gasteiger partial charge in [-0.1, -0.05) is 12.1 Å². The van der Waals surface area contributed by atoms with E-state index in [0.717, 1.165) is 30.0 Å². The number of methoxy groups -OCH3 is 1. The Kier molecular flexibility index (Phi) is 5.59. The Morgan fingerprint density at radius 2 is 2.04 bits per heavy atom. The van der Waals surface area contributed by atoms with Crippen LogP contribution in [0, 0.1) is 13.8 Å². The molecule has 3 aromatic rings. The number of para-hydroxylation sites is 2. The molecule has 7 nitrogen and oxygen atoms in total. The van der Waals surface area contributed by atoms with Gasteiger partial charge in [-0.15, -0.1) is 0 Å². The van der Waals surface area contributed by atoms with E-state index in [0.29, 0.717) is 17.9 Å². The number of hydrogen-bond acceptors (Lipinski definition) is 4. The minimum atomic E-state index is -0.0514. The van der Waals surface area contributed by atoms with Crippen molar-refractivity contribution < 1.29 is 9.53 Å². The highest BCUT2D eigenvalue weighted by molar-refractivity contribution is 5.93. The standard InChI is InChI=1S/C20H25N5O2/c1-15-12-16(2)24(22-15)11-7-10-23(3)20(26)17-13-21-25(14-17)18-8-5-6-9-19(18)27-4/h5-6,8-9,12-14H,7,10-11H2,1-4H3. The molecule has 1 aromatic carbocycles. The lowest BCUT2D eigenvalue weighted by atomic mass is 10.3. The average molecular weight is 367 g/mol. The number of carbonyl (C=O) groups excluding carboxylic acids is 1. The number of ether oxygens (including phenoxy) is 1. The predicted octanol–water partition coefficient (Wildman–Crippen LogP) is 2.86. The lowest BCUT2D eigenvalue weighted by Crippen LogP contribution is -2.28. The van der Waals surface area contributed by atoms with Gasteiger partial charge < -0.3 is 9.64 Å². The summed E-state index contributed by atoms with van der Waals surface area (Å²) >= 11 is 0. The van der Waals surface area contributed by atoms with E-state index in [1.165, 1.54) is 0 Å². The van der Waals surface area contributed by atoms with Gasteiger partial charge in [0.1, 0.15) is 11.4 Å². The van der Waals surface area contributed by atoms with Crippen molar-refractivity contribution >= 4 is 5.91 Å². The van der Waals surface area contributed by atoms with Gasteiger partial charge in [-0.2, -0.15) is 10.2 Å². The number of amides is 1. The zero-order valence-corrected chi connectivity index (χ0v) is 16.2. The van der Waals surface area contributed by atoms with Crippen molar-refractivity contribution in [1.29, 1.82) is 0 Å². The first-order valence-corrected chi connectivity index (χ1v) is 8.94. The summed E-state index contributed by atoms with van der Waals surface area (Å²) in [6, 6.07) is 9.63. The number of benzene rings is 1. The molecular weight excluding hydrogens is 342 g/mol. The van der Waals surface area contributed by atoms with E-state index in [1.54, 1.807) is 29.1 Å². The van der Waals surface area contributed by atoms with Gasteiger partial charge in [0.2, 0.25) is 0 Å². The summed E-state index contributed by atoms with van der Waals surface area (Å²) in [5.41, 5.74) is 3.50. The molecule has 7 heteroatoms. The Morgan fingerprint density at radius 1 is 1.26 bits per heavy atom. The van der Waals surface area contributed by atoms with Gasteiger partial charge in [0.25, 0.3) is 5.91 Å². The normalized spacial score (nSPS) is 10.8. The van der Waals surface area contributed by atoms with Gasteiger partial charge in [-0.3, -0.25) is 9.48 Å². The topological polar surface area (TPSA) is 65.2 Å². The minimum absolute atomic E-state index is 0.0514. The number of rotatable bonds is 7. The van der Waals surface area contributed by atoms with Gasteiger partial charge in [0, 0.05) is 32.0 Å². The van der Waals surface area contributed by atoms with Crippen molar-refractivity contribution in [1.82, 2.24) is 24.5 Å². The van der Waals surface area contributed by atoms with E-state index >= 15 is 0 Å². The molecule has 0 aliphatic carbocycles. The van der Waals surface area contributed by atoms with Crippen molar-refractivity contribution in [3.8, 4) is 11.4 Å². The van der Waals surface area contributed by atoms with Crippen LogP contribution in [0.2, 0.25) is 0 Å². The summed E-state index contributed by atoms with van der Waals surface area (Å²) in [6.45, 7) is 5.47. The van der Waals surface area contributed by atoms with Crippen LogP contribution in [0.1, 0.15) is 28.2 Å². The average Bonchev–Trinajstić information content (AvgIpc) is 3.27. The summed E-state index contributed by atoms with van der Waals surface area (Å²) < 4.78 is 9.00. The van der Waals surface area contributed by atoms with Crippen LogP contribution in [0.4, 0.5) is 0 Å². The molecule has 0 saturated heterocycles. The highest BCUT2D eigenvalue weighted by atomic mass is 16.5. The Bertz CT molecular complexity index is 928. The van der Waals surface area contributed by atoms with E-state index in [9.17, 15) is 4.79 Å². The Hall–Kier alpha value is -3.09. The predicted molar refractivity (Wildman–Crippen MR) is 103 cm³/mol. The third-order valence-corrected chi connectivity index (χ3v) is 4.48. The van der Waals surface area contributed by atoms with Crippen LogP contribution >= 0.6 is 0 Å². The van der Waals surface area contributed by atoms with Crippen molar-refractivity contribution in [3.63, 3.8) is 0 Å². The van der Waals surface area contributed by atoms with Gasteiger partial charge in [-0.25, -0.2) is 4.68 Å². The second kappa shape index (κ2) is 8.07. The molecule has 0 aliphatic rings. The molecule has 0 radical (unpaired) electrons. The van der Waals surface area contributed by atoms with Crippen molar-refractivity contribution in [2.75, 3.05) is 20.7 Å². The van der Waals surface area contributed by atoms with Crippen LogP contribution in [0.3, 0.4) is 0 Å². The quantitative estimate of drug-likeness (QED) is 0.644. The van der Waals surface area contributed by atoms with E-state index in [1.807, 2.05) is 49.8 Å². The Balaban J connectivity index is 1.62. The molecule has 0 saturated carbocycles. The van der Waals surface area contributed by atoms with Crippen LogP contribution < -0.4 is 4.74 Å². The maximum atomic E-state index is 12.7. The molecule has 142 valence electrons. The monoisotopic (exact) mass is 367 g/mol. The highest BCUT2D eigenvalue weighted by Crippen LogP contribution is 2.21. The number of aryl methyl sites for hydroxylation is 3. The van der Waals surface area contributed by atoms with Gasteiger partial charge in [-0.05, 0) is 38.5 Å². The van der Waals surface area contributed by atoms with Crippen LogP contribution in [-0.2, 0) is 6.54 Å². The van der Waals surface area contributed by atoms with Crippen molar-refractivity contribution in [2.24, 2.45) is 0 Å². The van der Waals surface area contributed by atoms with E-state index in [2.05, 4.69) is 16.3 Å². The maximum Gasteiger partial charge on any atom is 0.256 e. The minimum Gasteiger partial charge on any atom is -0.494 e. The summed E-state index contributed by atoms with van der Waals surface area (Å²) in [5, 5.41) is 8.77. The summed E-state index contributed by atoms with van der Waals surface area (Å²) in [6.07, 6.45) is 4.16. The second-order valence-electron chi connectivity index (χ2n) is 6.58. The SMILES string of the molecule is COc1ccccc1-n1cc(C(=O)N(C)CCCn2nc(C)cc2C)cn1. The molecule has 27 heavy (non-hydrogen) atoms. The molecule has 0 bridgehead atoms. The molecular formula is C20H25N5O2. The number of nitrogens with zero attached hydrogens (tertiary/aromatic N) is 5. The molecule has 0 aliphatic heterocycles. The fourth-order valence-corrected chi connectivity index (χ4v) is 3.06. The molecule has 2 aromatic heterocycles. The third kappa shape index (κ3) is 4.19. The lowest BCUT2D eigenvalue weighted by Gasteiger charge is -2.16. The first-order chi connectivity index (χ1) is 13.0. The smallest absolute Gasteiger partial charge is 0.256 e. The molecule has 1 amide bonds. The molecule has 2 heterocycles. The van der Waals surface area contributed by atoms with E-state index in [4.69, 9.17) is 4.74 Å². The maximum absolute atomic E-state index is 12.7. The molecule has 0 spiro atoms. The lowest BCUT2D eigenvalue weighted by molar-refractivity contribution is 0.0791. The zero-order valence-electron chi connectivity index (χ0n) is 16.2. The van der Waals surface area contributed by atoms with Gasteiger partial charge >= 0.3 is 0 Å². The van der Waals surface area contributed by atoms with Crippen LogP contribution in [0.15, 0.2) is 42.7 Å². The summed E-state index contributed by atoms with van der Waals surface area (Å²) in [5.74, 6) is 0.655. The van der Waals surface area contributed by atoms with Crippen molar-refractivity contribution in [3.05, 3.63) is 59.7 Å². The van der Waals surface area contributed by atoms with Crippen LogP contribution in [0.5, 0.6) is 5.75 Å². The summed E-state index contributed by atoms with van der Waals surface area (Å²) in [4.78, 5) is 14.4.